The van der Waals surface area contributed by atoms with Crippen LogP contribution in [0.25, 0.3) is 0 Å². The van der Waals surface area contributed by atoms with Crippen molar-refractivity contribution in [3.63, 3.8) is 0 Å². The highest BCUT2D eigenvalue weighted by molar-refractivity contribution is 7.85. The van der Waals surface area contributed by atoms with E-state index in [9.17, 15) is 18.0 Å². The van der Waals surface area contributed by atoms with Crippen molar-refractivity contribution in [2.75, 3.05) is 46.2 Å². The second-order valence-electron chi connectivity index (χ2n) is 5.80. The fourth-order valence-electron chi connectivity index (χ4n) is 1.83. The molecule has 0 unspecified atom stereocenters. The molecule has 24 heavy (non-hydrogen) atoms. The minimum absolute atomic E-state index is 0.0722. The average molecular weight is 364 g/mol. The largest absolute Gasteiger partial charge is 0.462 e. The van der Waals surface area contributed by atoms with Gasteiger partial charge in [-0.3, -0.25) is 4.55 Å². The Morgan fingerprint density at radius 1 is 1.08 bits per heavy atom. The van der Waals surface area contributed by atoms with Crippen molar-refractivity contribution in [2.45, 2.75) is 12.8 Å². The predicted octanol–water partition coefficient (Wildman–Crippen LogP) is 0.559. The number of carbonyl (C=O) groups is 2. The Bertz CT molecular complexity index is 552. The molecule has 0 aliphatic heterocycles. The van der Waals surface area contributed by atoms with Crippen LogP contribution in [0.1, 0.15) is 12.8 Å². The molecule has 0 heterocycles. The van der Waals surface area contributed by atoms with Crippen LogP contribution >= 0.6 is 0 Å². The van der Waals surface area contributed by atoms with Gasteiger partial charge in [-0.25, -0.2) is 9.59 Å². The van der Waals surface area contributed by atoms with Gasteiger partial charge in [0, 0.05) is 25.0 Å². The molecule has 0 atom stereocenters. The van der Waals surface area contributed by atoms with Crippen molar-refractivity contribution in [1.82, 2.24) is 0 Å². The number of carbonyl (C=O) groups excluding carboxylic acids is 2. The van der Waals surface area contributed by atoms with Crippen molar-refractivity contribution in [3.8, 4) is 0 Å². The maximum Gasteiger partial charge on any atom is 0.331 e. The lowest BCUT2D eigenvalue weighted by atomic mass is 10.3. The number of rotatable bonds is 12. The van der Waals surface area contributed by atoms with E-state index in [0.29, 0.717) is 30.4 Å². The van der Waals surface area contributed by atoms with E-state index in [4.69, 9.17) is 9.29 Å². The third kappa shape index (κ3) is 13.9. The molecule has 138 valence electrons. The second kappa shape index (κ2) is 11.0. The van der Waals surface area contributed by atoms with Gasteiger partial charge in [0.1, 0.15) is 6.61 Å². The number of ether oxygens (including phenoxy) is 2. The zero-order valence-electron chi connectivity index (χ0n) is 14.1. The topological polar surface area (TPSA) is 107 Å². The summed E-state index contributed by atoms with van der Waals surface area (Å²) in [4.78, 5) is 22.5. The van der Waals surface area contributed by atoms with E-state index in [-0.39, 0.29) is 19.0 Å². The lowest BCUT2D eigenvalue weighted by Gasteiger charge is -2.29. The molecule has 0 radical (unpaired) electrons. The maximum atomic E-state index is 11.4. The van der Waals surface area contributed by atoms with Crippen LogP contribution in [-0.4, -0.2) is 75.5 Å². The minimum atomic E-state index is -3.93. The monoisotopic (exact) mass is 364 g/mol. The van der Waals surface area contributed by atoms with Gasteiger partial charge in [0.05, 0.1) is 39.5 Å². The fraction of sp³-hybridized carbons (Fsp3) is 0.600. The molecular formula is C15H26NO7S+. The van der Waals surface area contributed by atoms with E-state index in [1.54, 1.807) is 0 Å². The lowest BCUT2D eigenvalue weighted by Crippen LogP contribution is -2.42. The number of esters is 2. The molecule has 9 heteroatoms. The summed E-state index contributed by atoms with van der Waals surface area (Å²) in [5.41, 5.74) is 0. The quantitative estimate of drug-likeness (QED) is 0.135. The molecule has 0 spiro atoms. The molecule has 0 aliphatic rings. The molecule has 0 rings (SSSR count). The van der Waals surface area contributed by atoms with Crippen LogP contribution in [-0.2, 0) is 29.2 Å². The number of quaternary nitrogens is 1. The van der Waals surface area contributed by atoms with Crippen LogP contribution in [0.2, 0.25) is 0 Å². The summed E-state index contributed by atoms with van der Waals surface area (Å²) in [6.45, 7) is 4.89. The number of nitrogens with zero attached hydrogens (tertiary/aromatic N) is 1. The van der Waals surface area contributed by atoms with Crippen molar-refractivity contribution in [2.24, 2.45) is 0 Å². The Kier molecular flexibility index (Phi) is 10.2. The first-order chi connectivity index (χ1) is 11.1. The highest BCUT2D eigenvalue weighted by atomic mass is 32.2. The molecule has 0 aliphatic carbocycles. The molecule has 0 aromatic rings. The summed E-state index contributed by atoms with van der Waals surface area (Å²) >= 11 is 0. The summed E-state index contributed by atoms with van der Waals surface area (Å²) in [7, 11) is -0.0965. The van der Waals surface area contributed by atoms with Gasteiger partial charge in [-0.2, -0.15) is 8.42 Å². The molecule has 8 nitrogen and oxygen atoms in total. The smallest absolute Gasteiger partial charge is 0.331 e. The van der Waals surface area contributed by atoms with Gasteiger partial charge in [0.15, 0.2) is 0 Å². The predicted molar refractivity (Wildman–Crippen MR) is 88.7 cm³/mol. The second-order valence-corrected chi connectivity index (χ2v) is 7.37. The van der Waals surface area contributed by atoms with Crippen molar-refractivity contribution in [1.29, 1.82) is 0 Å². The van der Waals surface area contributed by atoms with Crippen LogP contribution < -0.4 is 0 Å². The van der Waals surface area contributed by atoms with E-state index >= 15 is 0 Å². The van der Waals surface area contributed by atoms with Crippen molar-refractivity contribution >= 4 is 22.1 Å². The van der Waals surface area contributed by atoms with Gasteiger partial charge in [-0.1, -0.05) is 12.7 Å². The van der Waals surface area contributed by atoms with Gasteiger partial charge in [-0.15, -0.1) is 0 Å². The van der Waals surface area contributed by atoms with Gasteiger partial charge >= 0.3 is 11.9 Å². The Hall–Kier alpha value is -1.71. The van der Waals surface area contributed by atoms with Crippen LogP contribution in [0, 0.1) is 0 Å². The average Bonchev–Trinajstić information content (AvgIpc) is 2.45. The van der Waals surface area contributed by atoms with Gasteiger partial charge in [0.25, 0.3) is 10.1 Å². The number of hydrogen-bond donors (Lipinski definition) is 1. The van der Waals surface area contributed by atoms with Crippen molar-refractivity contribution in [3.05, 3.63) is 24.8 Å². The molecule has 0 fully saturated rings. The Morgan fingerprint density at radius 3 is 2.17 bits per heavy atom. The van der Waals surface area contributed by atoms with Crippen LogP contribution in [0.5, 0.6) is 0 Å². The third-order valence-electron chi connectivity index (χ3n) is 3.02. The fourth-order valence-corrected chi connectivity index (χ4v) is 2.32. The lowest BCUT2D eigenvalue weighted by molar-refractivity contribution is -0.890. The summed E-state index contributed by atoms with van der Waals surface area (Å²) in [6.07, 6.45) is 4.33. The summed E-state index contributed by atoms with van der Waals surface area (Å²) in [5.74, 6) is -1.55. The third-order valence-corrected chi connectivity index (χ3v) is 3.82. The zero-order chi connectivity index (χ0) is 18.6. The first kappa shape index (κ1) is 22.3. The van der Waals surface area contributed by atoms with E-state index in [1.807, 2.05) is 14.1 Å². The SMILES string of the molecule is C=CCOC(=O)C=CC(=O)OCCC[N+](C)(C)CCCS(=O)(=O)O. The van der Waals surface area contributed by atoms with E-state index in [0.717, 1.165) is 12.2 Å². The molecular weight excluding hydrogens is 338 g/mol. The van der Waals surface area contributed by atoms with Crippen LogP contribution in [0.15, 0.2) is 24.8 Å². The van der Waals surface area contributed by atoms with Gasteiger partial charge in [0.2, 0.25) is 0 Å². The molecule has 0 saturated carbocycles. The first-order valence-electron chi connectivity index (χ1n) is 7.45. The Balaban J connectivity index is 3.93. The maximum absolute atomic E-state index is 11.4. The molecule has 0 aromatic heterocycles. The summed E-state index contributed by atoms with van der Waals surface area (Å²) in [6, 6.07) is 0. The molecule has 1 N–H and O–H groups in total. The highest BCUT2D eigenvalue weighted by Crippen LogP contribution is 2.03. The van der Waals surface area contributed by atoms with Crippen LogP contribution in [0.4, 0.5) is 0 Å². The standard InChI is InChI=1S/C15H25NO7S/c1-4-11-22-14(17)7-8-15(18)23-12-5-9-16(2,3)10-6-13-24(19,20)21/h4,7-8H,1,5-6,9-13H2,2-3H3/p+1. The number of hydrogen-bond acceptors (Lipinski definition) is 6. The summed E-state index contributed by atoms with van der Waals surface area (Å²) < 4.78 is 40.2. The first-order valence-corrected chi connectivity index (χ1v) is 9.06. The molecule has 0 saturated heterocycles. The molecule has 0 aromatic carbocycles. The van der Waals surface area contributed by atoms with Gasteiger partial charge < -0.3 is 14.0 Å². The van der Waals surface area contributed by atoms with Gasteiger partial charge in [-0.05, 0) is 0 Å². The molecule has 0 bridgehead atoms. The van der Waals surface area contributed by atoms with E-state index in [2.05, 4.69) is 11.3 Å². The summed E-state index contributed by atoms with van der Waals surface area (Å²) in [5, 5.41) is 0. The van der Waals surface area contributed by atoms with E-state index in [1.165, 1.54) is 6.08 Å². The minimum Gasteiger partial charge on any atom is -0.462 e. The van der Waals surface area contributed by atoms with Crippen LogP contribution in [0.3, 0.4) is 0 Å². The molecule has 0 amide bonds. The highest BCUT2D eigenvalue weighted by Gasteiger charge is 2.16. The zero-order valence-corrected chi connectivity index (χ0v) is 15.0. The normalized spacial score (nSPS) is 12.1. The van der Waals surface area contributed by atoms with Crippen molar-refractivity contribution < 1.29 is 36.5 Å². The Morgan fingerprint density at radius 2 is 1.62 bits per heavy atom. The van der Waals surface area contributed by atoms with E-state index < -0.39 is 22.1 Å². The Labute approximate surface area is 143 Å².